The number of esters is 1. The molecule has 0 bridgehead atoms. The summed E-state index contributed by atoms with van der Waals surface area (Å²) >= 11 is 0. The molecule has 0 fully saturated rings. The van der Waals surface area contributed by atoms with Crippen LogP contribution in [-0.2, 0) is 9.53 Å². The first-order valence-electron chi connectivity index (χ1n) is 17.2. The molecule has 0 saturated carbocycles. The highest BCUT2D eigenvalue weighted by Crippen LogP contribution is 2.23. The monoisotopic (exact) mass is 533 g/mol. The predicted molar refractivity (Wildman–Crippen MR) is 170 cm³/mol. The van der Waals surface area contributed by atoms with Gasteiger partial charge < -0.3 is 4.74 Å². The second kappa shape index (κ2) is 30.5. The Balaban J connectivity index is 3.88. The van der Waals surface area contributed by atoms with Gasteiger partial charge in [0.25, 0.3) is 0 Å². The minimum atomic E-state index is -0.210. The molecule has 38 heavy (non-hydrogen) atoms. The molecule has 0 rings (SSSR count). The molecule has 0 heterocycles. The Bertz CT molecular complexity index is 548. The summed E-state index contributed by atoms with van der Waals surface area (Å²) in [5.41, 5.74) is 2.14. The lowest BCUT2D eigenvalue weighted by atomic mass is 9.95. The number of allylic oxidation sites excluding steroid dienone is 1. The van der Waals surface area contributed by atoms with Crippen molar-refractivity contribution in [3.8, 4) is 0 Å². The maximum absolute atomic E-state index is 12.3. The van der Waals surface area contributed by atoms with Gasteiger partial charge in [0, 0.05) is 5.57 Å². The fourth-order valence-corrected chi connectivity index (χ4v) is 5.52. The van der Waals surface area contributed by atoms with E-state index < -0.39 is 0 Å². The van der Waals surface area contributed by atoms with Crippen molar-refractivity contribution in [2.75, 3.05) is 0 Å². The highest BCUT2D eigenvalue weighted by Gasteiger charge is 2.11. The van der Waals surface area contributed by atoms with Crippen LogP contribution < -0.4 is 0 Å². The molecule has 0 spiro atoms. The lowest BCUT2D eigenvalue weighted by Crippen LogP contribution is -2.05. The summed E-state index contributed by atoms with van der Waals surface area (Å²) < 4.78 is 5.08. The van der Waals surface area contributed by atoms with Gasteiger partial charge in [0.1, 0.15) is 0 Å². The Labute approximate surface area is 239 Å². The molecule has 2 heteroatoms. The molecular weight excluding hydrogens is 464 g/mol. The molecule has 2 nitrogen and oxygen atoms in total. The highest BCUT2D eigenvalue weighted by molar-refractivity contribution is 5.89. The van der Waals surface area contributed by atoms with Gasteiger partial charge >= 0.3 is 5.97 Å². The van der Waals surface area contributed by atoms with Gasteiger partial charge in [0.05, 0.1) is 6.26 Å². The molecule has 0 aliphatic rings. The van der Waals surface area contributed by atoms with Crippen molar-refractivity contribution in [1.29, 1.82) is 0 Å². The zero-order valence-electron chi connectivity index (χ0n) is 26.4. The third kappa shape index (κ3) is 25.2. The van der Waals surface area contributed by atoms with Gasteiger partial charge in [0.2, 0.25) is 0 Å². The molecule has 224 valence electrons. The lowest BCUT2D eigenvalue weighted by molar-refractivity contribution is -0.133. The van der Waals surface area contributed by atoms with Gasteiger partial charge in [-0.3, -0.25) is 0 Å². The van der Waals surface area contributed by atoms with E-state index in [0.29, 0.717) is 0 Å². The Hall–Kier alpha value is -1.05. The fourth-order valence-electron chi connectivity index (χ4n) is 5.52. The number of hydrogen-bond donors (Lipinski definition) is 0. The normalized spacial score (nSPS) is 12.0. The zero-order valence-corrected chi connectivity index (χ0v) is 26.4. The Morgan fingerprint density at radius 3 is 1.03 bits per heavy atom. The molecule has 0 aromatic rings. The van der Waals surface area contributed by atoms with Crippen molar-refractivity contribution in [3.63, 3.8) is 0 Å². The molecule has 0 unspecified atom stereocenters. The highest BCUT2D eigenvalue weighted by atomic mass is 16.5. The molecule has 0 N–H and O–H groups in total. The molecular formula is C36H68O2. The summed E-state index contributed by atoms with van der Waals surface area (Å²) in [6, 6.07) is 0. The fraction of sp³-hybridized carbons (Fsp3) is 0.861. The number of unbranched alkanes of at least 4 members (excludes halogenated alkanes) is 24. The van der Waals surface area contributed by atoms with Crippen LogP contribution in [0.25, 0.3) is 0 Å². The van der Waals surface area contributed by atoms with E-state index in [1.54, 1.807) is 0 Å². The van der Waals surface area contributed by atoms with Gasteiger partial charge in [-0.25, -0.2) is 4.79 Å². The summed E-state index contributed by atoms with van der Waals surface area (Å²) in [5.74, 6) is -0.210. The van der Waals surface area contributed by atoms with E-state index in [2.05, 4.69) is 20.4 Å². The Morgan fingerprint density at radius 1 is 0.500 bits per heavy atom. The predicted octanol–water partition coefficient (Wildman–Crippen LogP) is 13.0. The van der Waals surface area contributed by atoms with E-state index in [0.717, 1.165) is 18.4 Å². The first kappa shape index (κ1) is 37.0. The van der Waals surface area contributed by atoms with Crippen molar-refractivity contribution in [1.82, 2.24) is 0 Å². The Morgan fingerprint density at radius 2 is 0.763 bits per heavy atom. The third-order valence-electron chi connectivity index (χ3n) is 8.19. The average molecular weight is 533 g/mol. The van der Waals surface area contributed by atoms with Gasteiger partial charge in [-0.05, 0) is 32.6 Å². The number of ether oxygens (including phenoxy) is 1. The maximum atomic E-state index is 12.3. The molecule has 0 amide bonds. The molecule has 0 aliphatic heterocycles. The van der Waals surface area contributed by atoms with E-state index in [9.17, 15) is 4.79 Å². The van der Waals surface area contributed by atoms with Crippen LogP contribution in [0, 0.1) is 0 Å². The van der Waals surface area contributed by atoms with Crippen LogP contribution in [0.1, 0.15) is 201 Å². The molecule has 0 radical (unpaired) electrons. The van der Waals surface area contributed by atoms with E-state index in [-0.39, 0.29) is 5.97 Å². The molecule has 0 aromatic carbocycles. The van der Waals surface area contributed by atoms with Crippen LogP contribution >= 0.6 is 0 Å². The standard InChI is InChI=1S/C36H68O2/c1-5-8-10-12-14-16-18-19-20-21-22-23-25-27-29-31-33-35(34(4)36(37)38-7-3)32-30-28-26-24-17-15-13-11-9-6-2/h7H,3,5-6,8-33H2,1-2,4H3. The van der Waals surface area contributed by atoms with Gasteiger partial charge in [0.15, 0.2) is 0 Å². The SMILES string of the molecule is C=COC(=O)C(C)=C(CCCCCCCCCCCC)CCCCCCCCCCCCCCCCCC. The van der Waals surface area contributed by atoms with Crippen molar-refractivity contribution in [3.05, 3.63) is 24.0 Å². The van der Waals surface area contributed by atoms with E-state index >= 15 is 0 Å². The van der Waals surface area contributed by atoms with Crippen molar-refractivity contribution in [2.45, 2.75) is 201 Å². The second-order valence-corrected chi connectivity index (χ2v) is 11.8. The van der Waals surface area contributed by atoms with Gasteiger partial charge in [-0.15, -0.1) is 0 Å². The van der Waals surface area contributed by atoms with Crippen LogP contribution in [0.3, 0.4) is 0 Å². The molecule has 0 saturated heterocycles. The topological polar surface area (TPSA) is 26.3 Å². The molecule has 0 atom stereocenters. The summed E-state index contributed by atoms with van der Waals surface area (Å²) in [5, 5.41) is 0. The first-order valence-corrected chi connectivity index (χ1v) is 17.2. The number of carbonyl (C=O) groups is 1. The lowest BCUT2D eigenvalue weighted by Gasteiger charge is -2.12. The molecule has 0 aliphatic carbocycles. The van der Waals surface area contributed by atoms with E-state index in [1.165, 1.54) is 179 Å². The Kier molecular flexibility index (Phi) is 29.6. The van der Waals surface area contributed by atoms with E-state index in [4.69, 9.17) is 4.74 Å². The second-order valence-electron chi connectivity index (χ2n) is 11.8. The minimum absolute atomic E-state index is 0.210. The maximum Gasteiger partial charge on any atom is 0.338 e. The first-order chi connectivity index (χ1) is 18.7. The van der Waals surface area contributed by atoms with Gasteiger partial charge in [-0.2, -0.15) is 0 Å². The van der Waals surface area contributed by atoms with Crippen molar-refractivity contribution in [2.24, 2.45) is 0 Å². The van der Waals surface area contributed by atoms with Crippen molar-refractivity contribution >= 4 is 5.97 Å². The van der Waals surface area contributed by atoms with Crippen LogP contribution in [0.4, 0.5) is 0 Å². The average Bonchev–Trinajstić information content (AvgIpc) is 2.92. The van der Waals surface area contributed by atoms with Crippen LogP contribution in [0.15, 0.2) is 24.0 Å². The summed E-state index contributed by atoms with van der Waals surface area (Å²) in [6.45, 7) is 10.1. The summed E-state index contributed by atoms with van der Waals surface area (Å²) in [4.78, 5) is 12.3. The quantitative estimate of drug-likeness (QED) is 0.0398. The largest absolute Gasteiger partial charge is 0.432 e. The van der Waals surface area contributed by atoms with Crippen LogP contribution in [0.5, 0.6) is 0 Å². The minimum Gasteiger partial charge on any atom is -0.432 e. The zero-order chi connectivity index (χ0) is 27.9. The van der Waals surface area contributed by atoms with Gasteiger partial charge in [-0.1, -0.05) is 180 Å². The number of hydrogen-bond acceptors (Lipinski definition) is 2. The van der Waals surface area contributed by atoms with E-state index in [1.807, 2.05) is 6.92 Å². The van der Waals surface area contributed by atoms with Crippen LogP contribution in [0.2, 0.25) is 0 Å². The molecule has 0 aromatic heterocycles. The number of rotatable bonds is 30. The third-order valence-corrected chi connectivity index (χ3v) is 8.19. The smallest absolute Gasteiger partial charge is 0.338 e. The van der Waals surface area contributed by atoms with Crippen LogP contribution in [-0.4, -0.2) is 5.97 Å². The van der Waals surface area contributed by atoms with Crippen molar-refractivity contribution < 1.29 is 9.53 Å². The summed E-state index contributed by atoms with van der Waals surface area (Å²) in [7, 11) is 0. The summed E-state index contributed by atoms with van der Waals surface area (Å²) in [6.07, 6.45) is 39.1. The number of carbonyl (C=O) groups excluding carboxylic acids is 1.